The molecule has 102 valence electrons. The fourth-order valence-corrected chi connectivity index (χ4v) is 2.61. The summed E-state index contributed by atoms with van der Waals surface area (Å²) >= 11 is 3.60. The van der Waals surface area contributed by atoms with E-state index in [-0.39, 0.29) is 6.04 Å². The van der Waals surface area contributed by atoms with Gasteiger partial charge in [0.2, 0.25) is 0 Å². The van der Waals surface area contributed by atoms with Crippen molar-refractivity contribution in [2.75, 3.05) is 6.54 Å². The number of benzene rings is 1. The summed E-state index contributed by atoms with van der Waals surface area (Å²) in [6.07, 6.45) is 2.44. The molecule has 0 amide bonds. The fourth-order valence-electron chi connectivity index (χ4n) is 2.23. The van der Waals surface area contributed by atoms with Gasteiger partial charge in [-0.2, -0.15) is 5.10 Å². The molecular formula is C14H19BrN4. The highest BCUT2D eigenvalue weighted by atomic mass is 79.9. The van der Waals surface area contributed by atoms with Gasteiger partial charge in [-0.25, -0.2) is 4.98 Å². The van der Waals surface area contributed by atoms with E-state index in [0.717, 1.165) is 23.3 Å². The Bertz CT molecular complexity index is 550. The Hall–Kier alpha value is -1.20. The minimum Gasteiger partial charge on any atom is -0.310 e. The van der Waals surface area contributed by atoms with Crippen LogP contribution in [0, 0.1) is 6.92 Å². The van der Waals surface area contributed by atoms with Crippen LogP contribution >= 0.6 is 15.9 Å². The lowest BCUT2D eigenvalue weighted by atomic mass is 9.98. The van der Waals surface area contributed by atoms with Gasteiger partial charge in [-0.15, -0.1) is 0 Å². The number of aromatic nitrogens is 3. The Morgan fingerprint density at radius 1 is 1.42 bits per heavy atom. The molecule has 0 aliphatic heterocycles. The van der Waals surface area contributed by atoms with E-state index in [0.29, 0.717) is 0 Å². The van der Waals surface area contributed by atoms with Crippen LogP contribution in [0.4, 0.5) is 0 Å². The van der Waals surface area contributed by atoms with Crippen molar-refractivity contribution in [3.63, 3.8) is 0 Å². The average Bonchev–Trinajstić information content (AvgIpc) is 2.78. The van der Waals surface area contributed by atoms with E-state index < -0.39 is 0 Å². The maximum atomic E-state index is 4.32. The Morgan fingerprint density at radius 3 is 2.84 bits per heavy atom. The van der Waals surface area contributed by atoms with Crippen molar-refractivity contribution in [2.24, 2.45) is 7.05 Å². The third kappa shape index (κ3) is 3.22. The zero-order chi connectivity index (χ0) is 13.8. The quantitative estimate of drug-likeness (QED) is 0.920. The molecule has 0 saturated heterocycles. The van der Waals surface area contributed by atoms with Crippen LogP contribution in [0.15, 0.2) is 29.0 Å². The van der Waals surface area contributed by atoms with Crippen LogP contribution in [0.25, 0.3) is 0 Å². The Balaban J connectivity index is 2.29. The normalized spacial score (nSPS) is 12.6. The molecule has 0 bridgehead atoms. The minimum absolute atomic E-state index is 0.255. The van der Waals surface area contributed by atoms with E-state index in [9.17, 15) is 0 Å². The lowest BCUT2D eigenvalue weighted by Gasteiger charge is -2.20. The second-order valence-electron chi connectivity index (χ2n) is 4.57. The van der Waals surface area contributed by atoms with Crippen molar-refractivity contribution < 1.29 is 0 Å². The average molecular weight is 323 g/mol. The molecule has 2 rings (SSSR count). The zero-order valence-electron chi connectivity index (χ0n) is 11.5. The Kier molecular flexibility index (Phi) is 4.71. The first-order valence-corrected chi connectivity index (χ1v) is 7.24. The number of likely N-dealkylation sites (N-methyl/N-ethyl adjacent to an activating group) is 1. The van der Waals surface area contributed by atoms with E-state index >= 15 is 0 Å². The van der Waals surface area contributed by atoms with Crippen LogP contribution in [0.1, 0.15) is 29.9 Å². The Labute approximate surface area is 122 Å². The summed E-state index contributed by atoms with van der Waals surface area (Å²) < 4.78 is 2.98. The summed E-state index contributed by atoms with van der Waals surface area (Å²) in [5.41, 5.74) is 2.58. The van der Waals surface area contributed by atoms with Crippen LogP contribution in [0.3, 0.4) is 0 Å². The summed E-state index contributed by atoms with van der Waals surface area (Å²) in [5, 5.41) is 7.66. The summed E-state index contributed by atoms with van der Waals surface area (Å²) in [6, 6.07) is 6.58. The number of halogens is 1. The second kappa shape index (κ2) is 6.30. The molecule has 0 fully saturated rings. The summed E-state index contributed by atoms with van der Waals surface area (Å²) in [7, 11) is 1.93. The van der Waals surface area contributed by atoms with Crippen LogP contribution in [-0.2, 0) is 13.5 Å². The molecule has 0 spiro atoms. The summed E-state index contributed by atoms with van der Waals surface area (Å²) in [5.74, 6) is 0.991. The number of nitrogens with one attached hydrogen (secondary N) is 1. The predicted molar refractivity (Wildman–Crippen MR) is 80.0 cm³/mol. The van der Waals surface area contributed by atoms with Crippen molar-refractivity contribution in [2.45, 2.75) is 26.3 Å². The molecule has 1 N–H and O–H groups in total. The van der Waals surface area contributed by atoms with E-state index in [1.807, 2.05) is 11.7 Å². The van der Waals surface area contributed by atoms with Gasteiger partial charge in [0.25, 0.3) is 0 Å². The highest BCUT2D eigenvalue weighted by molar-refractivity contribution is 9.10. The molecule has 19 heavy (non-hydrogen) atoms. The van der Waals surface area contributed by atoms with E-state index in [1.54, 1.807) is 6.33 Å². The minimum atomic E-state index is 0.255. The molecular weight excluding hydrogens is 304 g/mol. The largest absolute Gasteiger partial charge is 0.310 e. The zero-order valence-corrected chi connectivity index (χ0v) is 13.1. The monoisotopic (exact) mass is 322 g/mol. The van der Waals surface area contributed by atoms with Gasteiger partial charge >= 0.3 is 0 Å². The summed E-state index contributed by atoms with van der Waals surface area (Å²) in [6.45, 7) is 5.19. The standard InChI is InChI=1S/C14H19BrN4/c1-4-16-13(8-14-17-9-18-19(14)3)11-6-5-7-12(15)10(11)2/h5-7,9,13,16H,4,8H2,1-3H3. The number of hydrogen-bond acceptors (Lipinski definition) is 3. The van der Waals surface area contributed by atoms with Crippen LogP contribution in [-0.4, -0.2) is 21.3 Å². The molecule has 0 aliphatic carbocycles. The molecule has 4 nitrogen and oxygen atoms in total. The number of hydrogen-bond donors (Lipinski definition) is 1. The second-order valence-corrected chi connectivity index (χ2v) is 5.42. The van der Waals surface area contributed by atoms with Crippen LogP contribution in [0.2, 0.25) is 0 Å². The lowest BCUT2D eigenvalue weighted by Crippen LogP contribution is -2.25. The van der Waals surface area contributed by atoms with Gasteiger partial charge in [-0.1, -0.05) is 35.0 Å². The molecule has 2 aromatic rings. The maximum absolute atomic E-state index is 4.32. The molecule has 0 aliphatic rings. The van der Waals surface area contributed by atoms with Gasteiger partial charge in [-0.3, -0.25) is 4.68 Å². The first kappa shape index (κ1) is 14.2. The van der Waals surface area contributed by atoms with Gasteiger partial charge < -0.3 is 5.32 Å². The smallest absolute Gasteiger partial charge is 0.138 e. The molecule has 1 heterocycles. The fraction of sp³-hybridized carbons (Fsp3) is 0.429. The molecule has 1 unspecified atom stereocenters. The van der Waals surface area contributed by atoms with Gasteiger partial charge in [0.1, 0.15) is 12.2 Å². The first-order chi connectivity index (χ1) is 9.13. The van der Waals surface area contributed by atoms with Crippen molar-refractivity contribution in [1.82, 2.24) is 20.1 Å². The van der Waals surface area contributed by atoms with E-state index in [4.69, 9.17) is 0 Å². The van der Waals surface area contributed by atoms with Gasteiger partial charge in [0.05, 0.1) is 0 Å². The van der Waals surface area contributed by atoms with Gasteiger partial charge in [0.15, 0.2) is 0 Å². The van der Waals surface area contributed by atoms with Crippen molar-refractivity contribution in [1.29, 1.82) is 0 Å². The highest BCUT2D eigenvalue weighted by Crippen LogP contribution is 2.26. The number of rotatable bonds is 5. The van der Waals surface area contributed by atoms with Gasteiger partial charge in [0, 0.05) is 24.0 Å². The SMILES string of the molecule is CCNC(Cc1ncnn1C)c1cccc(Br)c1C. The van der Waals surface area contributed by atoms with Gasteiger partial charge in [-0.05, 0) is 30.7 Å². The third-order valence-corrected chi connectivity index (χ3v) is 4.19. The van der Waals surface area contributed by atoms with Crippen molar-refractivity contribution >= 4 is 15.9 Å². The predicted octanol–water partition coefficient (Wildman–Crippen LogP) is 2.78. The van der Waals surface area contributed by atoms with E-state index in [2.05, 4.69) is 63.4 Å². The van der Waals surface area contributed by atoms with Crippen molar-refractivity contribution in [3.8, 4) is 0 Å². The molecule has 1 aromatic carbocycles. The maximum Gasteiger partial charge on any atom is 0.138 e. The van der Waals surface area contributed by atoms with E-state index in [1.165, 1.54) is 11.1 Å². The molecule has 0 saturated carbocycles. The molecule has 1 aromatic heterocycles. The topological polar surface area (TPSA) is 42.7 Å². The first-order valence-electron chi connectivity index (χ1n) is 6.44. The Morgan fingerprint density at radius 2 is 2.21 bits per heavy atom. The lowest BCUT2D eigenvalue weighted by molar-refractivity contribution is 0.520. The van der Waals surface area contributed by atoms with Crippen molar-refractivity contribution in [3.05, 3.63) is 46.0 Å². The molecule has 5 heteroatoms. The van der Waals surface area contributed by atoms with Crippen LogP contribution in [0.5, 0.6) is 0 Å². The highest BCUT2D eigenvalue weighted by Gasteiger charge is 2.16. The molecule has 1 atom stereocenters. The van der Waals surface area contributed by atoms with Crippen LogP contribution < -0.4 is 5.32 Å². The summed E-state index contributed by atoms with van der Waals surface area (Å²) in [4.78, 5) is 4.32. The number of nitrogens with zero attached hydrogens (tertiary/aromatic N) is 3. The molecule has 0 radical (unpaired) electrons. The third-order valence-electron chi connectivity index (χ3n) is 3.33. The number of aryl methyl sites for hydroxylation is 1.